The van der Waals surface area contributed by atoms with E-state index in [1.165, 1.54) is 25.7 Å². The second kappa shape index (κ2) is 7.04. The molecule has 0 aromatic carbocycles. The summed E-state index contributed by atoms with van der Waals surface area (Å²) in [5, 5.41) is 8.01. The molecule has 0 bridgehead atoms. The molecule has 3 fully saturated rings. The van der Waals surface area contributed by atoms with Gasteiger partial charge in [0, 0.05) is 25.8 Å². The molecule has 1 aliphatic carbocycles. The second-order valence-electron chi connectivity index (χ2n) is 7.81. The quantitative estimate of drug-likeness (QED) is 0.890. The molecule has 5 nitrogen and oxygen atoms in total. The molecule has 1 saturated carbocycles. The first kappa shape index (κ1) is 17.7. The molecule has 1 spiro atoms. The van der Waals surface area contributed by atoms with Crippen LogP contribution in [0.15, 0.2) is 12.3 Å². The van der Waals surface area contributed by atoms with Crippen molar-refractivity contribution in [1.82, 2.24) is 20.0 Å². The van der Waals surface area contributed by atoms with Crippen molar-refractivity contribution in [2.24, 2.45) is 11.3 Å². The van der Waals surface area contributed by atoms with Gasteiger partial charge in [-0.05, 0) is 56.0 Å². The lowest BCUT2D eigenvalue weighted by Gasteiger charge is -2.53. The molecule has 3 heterocycles. The van der Waals surface area contributed by atoms with Crippen LogP contribution in [-0.2, 0) is 0 Å². The Bertz CT molecular complexity index is 577. The summed E-state index contributed by atoms with van der Waals surface area (Å²) in [6, 6.07) is 2.30. The normalized spacial score (nSPS) is 29.0. The van der Waals surface area contributed by atoms with Gasteiger partial charge in [-0.2, -0.15) is 5.10 Å². The van der Waals surface area contributed by atoms with Crippen LogP contribution >= 0.6 is 12.4 Å². The summed E-state index contributed by atoms with van der Waals surface area (Å²) in [5.74, 6) is 0.886. The minimum Gasteiger partial charge on any atom is -0.337 e. The number of rotatable bonds is 2. The third-order valence-corrected chi connectivity index (χ3v) is 6.49. The van der Waals surface area contributed by atoms with Crippen molar-refractivity contribution in [3.8, 4) is 0 Å². The molecule has 2 atom stereocenters. The lowest BCUT2D eigenvalue weighted by Crippen LogP contribution is -2.53. The first-order chi connectivity index (χ1) is 11.2. The minimum absolute atomic E-state index is 0. The Balaban J connectivity index is 0.00000169. The second-order valence-corrected chi connectivity index (χ2v) is 7.81. The Hall–Kier alpha value is -1.07. The predicted molar refractivity (Wildman–Crippen MR) is 96.6 cm³/mol. The van der Waals surface area contributed by atoms with Crippen LogP contribution in [0.4, 0.5) is 0 Å². The molecule has 1 amide bonds. The fraction of sp³-hybridized carbons (Fsp3) is 0.778. The molecule has 1 aromatic rings. The van der Waals surface area contributed by atoms with Gasteiger partial charge in [-0.25, -0.2) is 0 Å². The molecule has 2 unspecified atom stereocenters. The Kier molecular flexibility index (Phi) is 5.21. The van der Waals surface area contributed by atoms with Crippen molar-refractivity contribution in [2.45, 2.75) is 51.5 Å². The number of hydrogen-bond donors (Lipinski definition) is 1. The van der Waals surface area contributed by atoms with Crippen LogP contribution in [-0.4, -0.2) is 46.8 Å². The average molecular weight is 353 g/mol. The van der Waals surface area contributed by atoms with Gasteiger partial charge in [0.1, 0.15) is 5.69 Å². The maximum Gasteiger partial charge on any atom is 0.274 e. The Labute approximate surface area is 150 Å². The largest absolute Gasteiger partial charge is 0.337 e. The summed E-state index contributed by atoms with van der Waals surface area (Å²) >= 11 is 0. The van der Waals surface area contributed by atoms with Crippen LogP contribution in [0.1, 0.15) is 62.0 Å². The van der Waals surface area contributed by atoms with Gasteiger partial charge in [0.05, 0.1) is 6.04 Å². The van der Waals surface area contributed by atoms with Crippen molar-refractivity contribution >= 4 is 18.3 Å². The van der Waals surface area contributed by atoms with Crippen LogP contribution in [0.2, 0.25) is 0 Å². The van der Waals surface area contributed by atoms with E-state index in [2.05, 4.69) is 22.2 Å². The summed E-state index contributed by atoms with van der Waals surface area (Å²) in [7, 11) is 0. The Morgan fingerprint density at radius 3 is 2.83 bits per heavy atom. The van der Waals surface area contributed by atoms with E-state index in [0.29, 0.717) is 17.2 Å². The summed E-state index contributed by atoms with van der Waals surface area (Å²) < 4.78 is 1.99. The molecule has 0 radical (unpaired) electrons. The number of carbonyl (C=O) groups is 1. The van der Waals surface area contributed by atoms with Crippen molar-refractivity contribution in [2.75, 3.05) is 26.2 Å². The highest BCUT2D eigenvalue weighted by Gasteiger charge is 2.46. The lowest BCUT2D eigenvalue weighted by atomic mass is 9.59. The van der Waals surface area contributed by atoms with Gasteiger partial charge in [0.25, 0.3) is 5.91 Å². The van der Waals surface area contributed by atoms with Crippen molar-refractivity contribution in [3.63, 3.8) is 0 Å². The van der Waals surface area contributed by atoms with E-state index in [1.807, 2.05) is 16.9 Å². The monoisotopic (exact) mass is 352 g/mol. The zero-order valence-corrected chi connectivity index (χ0v) is 15.4. The Morgan fingerprint density at radius 1 is 1.33 bits per heavy atom. The van der Waals surface area contributed by atoms with Crippen LogP contribution in [0.3, 0.4) is 0 Å². The highest BCUT2D eigenvalue weighted by Crippen LogP contribution is 2.51. The molecule has 2 aliphatic heterocycles. The SMILES string of the molecule is CC1CCN(C(=O)c2ccn(C3CCCNC3)n2)CC12CCC2.Cl. The van der Waals surface area contributed by atoms with Gasteiger partial charge in [-0.3, -0.25) is 9.48 Å². The van der Waals surface area contributed by atoms with Crippen LogP contribution < -0.4 is 5.32 Å². The summed E-state index contributed by atoms with van der Waals surface area (Å²) in [6.45, 7) is 6.24. The molecule has 1 N–H and O–H groups in total. The summed E-state index contributed by atoms with van der Waals surface area (Å²) in [5.41, 5.74) is 1.03. The minimum atomic E-state index is 0. The third-order valence-electron chi connectivity index (χ3n) is 6.49. The molecular formula is C18H29ClN4O. The molecule has 6 heteroatoms. The van der Waals surface area contributed by atoms with Gasteiger partial charge in [0.2, 0.25) is 0 Å². The van der Waals surface area contributed by atoms with E-state index in [-0.39, 0.29) is 18.3 Å². The highest BCUT2D eigenvalue weighted by molar-refractivity contribution is 5.92. The van der Waals surface area contributed by atoms with Crippen molar-refractivity contribution in [1.29, 1.82) is 0 Å². The number of aromatic nitrogens is 2. The van der Waals surface area contributed by atoms with Gasteiger partial charge in [-0.15, -0.1) is 12.4 Å². The number of carbonyl (C=O) groups excluding carboxylic acids is 1. The Morgan fingerprint density at radius 2 is 2.17 bits per heavy atom. The van der Waals surface area contributed by atoms with Gasteiger partial charge in [0.15, 0.2) is 0 Å². The number of hydrogen-bond acceptors (Lipinski definition) is 3. The maximum absolute atomic E-state index is 12.9. The first-order valence-corrected chi connectivity index (χ1v) is 9.23. The molecule has 1 aromatic heterocycles. The molecule has 4 rings (SSSR count). The van der Waals surface area contributed by atoms with Crippen molar-refractivity contribution < 1.29 is 4.79 Å². The molecule has 2 saturated heterocycles. The zero-order chi connectivity index (χ0) is 15.9. The van der Waals surface area contributed by atoms with Gasteiger partial charge < -0.3 is 10.2 Å². The van der Waals surface area contributed by atoms with E-state index in [1.54, 1.807) is 0 Å². The lowest BCUT2D eigenvalue weighted by molar-refractivity contribution is -0.0210. The fourth-order valence-corrected chi connectivity index (χ4v) is 4.60. The smallest absolute Gasteiger partial charge is 0.274 e. The molecular weight excluding hydrogens is 324 g/mol. The van der Waals surface area contributed by atoms with E-state index < -0.39 is 0 Å². The highest BCUT2D eigenvalue weighted by atomic mass is 35.5. The predicted octanol–water partition coefficient (Wildman–Crippen LogP) is 2.88. The van der Waals surface area contributed by atoms with Gasteiger partial charge in [-0.1, -0.05) is 13.3 Å². The number of nitrogens with zero attached hydrogens (tertiary/aromatic N) is 3. The molecule has 134 valence electrons. The number of likely N-dealkylation sites (tertiary alicyclic amines) is 1. The van der Waals surface area contributed by atoms with Crippen LogP contribution in [0.25, 0.3) is 0 Å². The summed E-state index contributed by atoms with van der Waals surface area (Å²) in [4.78, 5) is 14.9. The van der Waals surface area contributed by atoms with Crippen molar-refractivity contribution in [3.05, 3.63) is 18.0 Å². The number of halogens is 1. The van der Waals surface area contributed by atoms with Crippen LogP contribution in [0, 0.1) is 11.3 Å². The van der Waals surface area contributed by atoms with E-state index in [9.17, 15) is 4.79 Å². The summed E-state index contributed by atoms with van der Waals surface area (Å²) in [6.07, 6.45) is 9.36. The zero-order valence-electron chi connectivity index (χ0n) is 14.5. The number of amides is 1. The first-order valence-electron chi connectivity index (χ1n) is 9.23. The molecule has 24 heavy (non-hydrogen) atoms. The maximum atomic E-state index is 12.9. The molecule has 3 aliphatic rings. The van der Waals surface area contributed by atoms with E-state index in [0.717, 1.165) is 44.9 Å². The van der Waals surface area contributed by atoms with Crippen LogP contribution in [0.5, 0.6) is 0 Å². The third kappa shape index (κ3) is 3.08. The van der Waals surface area contributed by atoms with E-state index in [4.69, 9.17) is 0 Å². The number of piperidine rings is 2. The van der Waals surface area contributed by atoms with E-state index >= 15 is 0 Å². The fourth-order valence-electron chi connectivity index (χ4n) is 4.60. The standard InChI is InChI=1S/C18H28N4O.ClH/c1-14-5-10-21(13-18(14)7-3-8-18)17(23)16-6-11-22(20-16)15-4-2-9-19-12-15;/h6,11,14-15,19H,2-5,7-10,12-13H2,1H3;1H. The number of nitrogens with one attached hydrogen (secondary N) is 1. The average Bonchev–Trinajstić information content (AvgIpc) is 3.04. The van der Waals surface area contributed by atoms with Gasteiger partial charge >= 0.3 is 0 Å². The topological polar surface area (TPSA) is 50.2 Å².